The molecule has 0 radical (unpaired) electrons. The van der Waals surface area contributed by atoms with Crippen molar-refractivity contribution < 1.29 is 14.7 Å². The van der Waals surface area contributed by atoms with Crippen LogP contribution in [0.2, 0.25) is 10.0 Å². The van der Waals surface area contributed by atoms with Crippen LogP contribution < -0.4 is 4.90 Å². The van der Waals surface area contributed by atoms with Crippen LogP contribution in [0.25, 0.3) is 10.8 Å². The fourth-order valence-corrected chi connectivity index (χ4v) is 4.62. The van der Waals surface area contributed by atoms with Gasteiger partial charge in [-0.05, 0) is 52.7 Å². The zero-order valence-electron chi connectivity index (χ0n) is 17.5. The van der Waals surface area contributed by atoms with Gasteiger partial charge in [0.05, 0.1) is 18.7 Å². The largest absolute Gasteiger partial charge is 0.375 e. The first-order chi connectivity index (χ1) is 15.8. The van der Waals surface area contributed by atoms with Crippen LogP contribution in [0.1, 0.15) is 27.9 Å². The van der Waals surface area contributed by atoms with E-state index in [2.05, 4.69) is 0 Å². The lowest BCUT2D eigenvalue weighted by molar-refractivity contribution is -0.136. The summed E-state index contributed by atoms with van der Waals surface area (Å²) in [6.07, 6.45) is -0.380. The van der Waals surface area contributed by atoms with Gasteiger partial charge in [0, 0.05) is 21.2 Å². The quantitative estimate of drug-likeness (QED) is 0.352. The Morgan fingerprint density at radius 1 is 0.848 bits per heavy atom. The normalized spacial score (nSPS) is 17.4. The number of fused-ring (bicyclic) bond motifs is 2. The number of anilines is 1. The number of amides is 1. The summed E-state index contributed by atoms with van der Waals surface area (Å²) in [7, 11) is 0. The topological polar surface area (TPSA) is 57.6 Å². The van der Waals surface area contributed by atoms with E-state index in [-0.39, 0.29) is 18.7 Å². The van der Waals surface area contributed by atoms with Gasteiger partial charge in [-0.25, -0.2) is 0 Å². The summed E-state index contributed by atoms with van der Waals surface area (Å²) >= 11 is 12.2. The first-order valence-electron chi connectivity index (χ1n) is 10.5. The summed E-state index contributed by atoms with van der Waals surface area (Å²) in [5.74, 6) is -0.875. The second kappa shape index (κ2) is 8.31. The van der Waals surface area contributed by atoms with E-state index in [4.69, 9.17) is 23.2 Å². The van der Waals surface area contributed by atoms with Gasteiger partial charge in [0.25, 0.3) is 5.91 Å². The molecule has 0 saturated heterocycles. The summed E-state index contributed by atoms with van der Waals surface area (Å²) in [5, 5.41) is 14.5. The molecule has 0 aliphatic carbocycles. The Labute approximate surface area is 201 Å². The Bertz CT molecular complexity index is 1400. The SMILES string of the molecule is O=C(C[C@]1(O)C(=O)N(Cc2ccc(Cl)cc2)c2ccc(Cl)cc21)c1ccc2ccccc2c1. The van der Waals surface area contributed by atoms with Gasteiger partial charge >= 0.3 is 0 Å². The zero-order chi connectivity index (χ0) is 23.2. The van der Waals surface area contributed by atoms with Crippen LogP contribution in [0.4, 0.5) is 5.69 Å². The summed E-state index contributed by atoms with van der Waals surface area (Å²) in [6, 6.07) is 25.1. The minimum atomic E-state index is -2.00. The number of halogens is 2. The molecule has 1 atom stereocenters. The van der Waals surface area contributed by atoms with Gasteiger partial charge in [0.2, 0.25) is 0 Å². The van der Waals surface area contributed by atoms with E-state index in [9.17, 15) is 14.7 Å². The maximum atomic E-state index is 13.5. The molecule has 164 valence electrons. The number of carbonyl (C=O) groups excluding carboxylic acids is 2. The second-order valence-corrected chi connectivity index (χ2v) is 9.07. The molecular formula is C27H19Cl2NO3. The average Bonchev–Trinajstić information content (AvgIpc) is 3.01. The van der Waals surface area contributed by atoms with Crippen molar-refractivity contribution in [2.45, 2.75) is 18.6 Å². The van der Waals surface area contributed by atoms with Crippen LogP contribution in [0.15, 0.2) is 84.9 Å². The third kappa shape index (κ3) is 3.91. The van der Waals surface area contributed by atoms with Crippen molar-refractivity contribution in [3.05, 3.63) is 112 Å². The van der Waals surface area contributed by atoms with Crippen molar-refractivity contribution >= 4 is 51.4 Å². The average molecular weight is 476 g/mol. The molecule has 0 aromatic heterocycles. The van der Waals surface area contributed by atoms with E-state index in [1.807, 2.05) is 42.5 Å². The highest BCUT2D eigenvalue weighted by atomic mass is 35.5. The van der Waals surface area contributed by atoms with Gasteiger partial charge in [-0.1, -0.05) is 71.7 Å². The van der Waals surface area contributed by atoms with Crippen LogP contribution in [0.3, 0.4) is 0 Å². The molecule has 1 N–H and O–H groups in total. The standard InChI is InChI=1S/C27H19Cl2NO3/c28-21-9-5-17(6-10-21)16-30-24-12-11-22(29)14-23(24)27(33,26(30)32)15-25(31)20-8-7-18-3-1-2-4-19(18)13-20/h1-14,33H,15-16H2/t27-/m1/s1. The second-order valence-electron chi connectivity index (χ2n) is 8.20. The van der Waals surface area contributed by atoms with Crippen molar-refractivity contribution in [1.29, 1.82) is 0 Å². The van der Waals surface area contributed by atoms with Crippen LogP contribution in [0, 0.1) is 0 Å². The molecule has 6 heteroatoms. The Hall–Kier alpha value is -3.18. The molecule has 4 nitrogen and oxygen atoms in total. The molecule has 1 aliphatic heterocycles. The van der Waals surface area contributed by atoms with Gasteiger partial charge in [-0.3, -0.25) is 9.59 Å². The number of Topliss-reactive ketones (excluding diaryl/α,β-unsaturated/α-hetero) is 1. The minimum absolute atomic E-state index is 0.233. The number of carbonyl (C=O) groups is 2. The first kappa shape index (κ1) is 21.7. The number of nitrogens with zero attached hydrogens (tertiary/aromatic N) is 1. The highest BCUT2D eigenvalue weighted by molar-refractivity contribution is 6.31. The molecule has 4 aromatic rings. The lowest BCUT2D eigenvalue weighted by Gasteiger charge is -2.23. The van der Waals surface area contributed by atoms with Gasteiger partial charge in [-0.15, -0.1) is 0 Å². The van der Waals surface area contributed by atoms with Gasteiger partial charge < -0.3 is 10.0 Å². The van der Waals surface area contributed by atoms with Crippen molar-refractivity contribution in [2.24, 2.45) is 0 Å². The molecule has 1 heterocycles. The molecule has 0 unspecified atom stereocenters. The number of benzene rings is 4. The van der Waals surface area contributed by atoms with Crippen molar-refractivity contribution in [3.63, 3.8) is 0 Å². The van der Waals surface area contributed by atoms with Gasteiger partial charge in [-0.2, -0.15) is 0 Å². The predicted molar refractivity (Wildman–Crippen MR) is 131 cm³/mol. The fraction of sp³-hybridized carbons (Fsp3) is 0.111. The van der Waals surface area contributed by atoms with Crippen molar-refractivity contribution in [3.8, 4) is 0 Å². The van der Waals surface area contributed by atoms with Crippen molar-refractivity contribution in [2.75, 3.05) is 4.90 Å². The van der Waals surface area contributed by atoms with Crippen LogP contribution >= 0.6 is 23.2 Å². The molecule has 5 rings (SSSR count). The predicted octanol–water partition coefficient (Wildman–Crippen LogP) is 6.15. The third-order valence-corrected chi connectivity index (χ3v) is 6.52. The molecular weight excluding hydrogens is 457 g/mol. The van der Waals surface area contributed by atoms with E-state index in [1.165, 1.54) is 4.90 Å². The summed E-state index contributed by atoms with van der Waals surface area (Å²) in [6.45, 7) is 0.233. The van der Waals surface area contributed by atoms with E-state index in [0.717, 1.165) is 16.3 Å². The van der Waals surface area contributed by atoms with Crippen LogP contribution in [0.5, 0.6) is 0 Å². The van der Waals surface area contributed by atoms with Crippen LogP contribution in [-0.4, -0.2) is 16.8 Å². The number of hydrogen-bond acceptors (Lipinski definition) is 3. The summed E-state index contributed by atoms with van der Waals surface area (Å²) in [5.41, 5.74) is 0.153. The number of aliphatic hydroxyl groups is 1. The molecule has 4 aromatic carbocycles. The molecule has 0 bridgehead atoms. The van der Waals surface area contributed by atoms with E-state index in [0.29, 0.717) is 26.9 Å². The van der Waals surface area contributed by atoms with E-state index < -0.39 is 11.5 Å². The van der Waals surface area contributed by atoms with Crippen LogP contribution in [-0.2, 0) is 16.9 Å². The minimum Gasteiger partial charge on any atom is -0.375 e. The lowest BCUT2D eigenvalue weighted by Crippen LogP contribution is -2.41. The Balaban J connectivity index is 1.50. The zero-order valence-corrected chi connectivity index (χ0v) is 19.0. The van der Waals surface area contributed by atoms with E-state index in [1.54, 1.807) is 42.5 Å². The monoisotopic (exact) mass is 475 g/mol. The fourth-order valence-electron chi connectivity index (χ4n) is 4.32. The summed E-state index contributed by atoms with van der Waals surface area (Å²) < 4.78 is 0. The molecule has 1 aliphatic rings. The molecule has 0 saturated carbocycles. The molecule has 33 heavy (non-hydrogen) atoms. The number of rotatable bonds is 5. The Kier molecular flexibility index (Phi) is 5.45. The van der Waals surface area contributed by atoms with Crippen molar-refractivity contribution in [1.82, 2.24) is 0 Å². The lowest BCUT2D eigenvalue weighted by atomic mass is 9.87. The maximum absolute atomic E-state index is 13.5. The Morgan fingerprint density at radius 3 is 2.30 bits per heavy atom. The first-order valence-corrected chi connectivity index (χ1v) is 11.2. The van der Waals surface area contributed by atoms with Gasteiger partial charge in [0.15, 0.2) is 11.4 Å². The van der Waals surface area contributed by atoms with Gasteiger partial charge in [0.1, 0.15) is 0 Å². The van der Waals surface area contributed by atoms with E-state index >= 15 is 0 Å². The third-order valence-electron chi connectivity index (χ3n) is 6.04. The molecule has 0 fully saturated rings. The number of hydrogen-bond donors (Lipinski definition) is 1. The highest BCUT2D eigenvalue weighted by Gasteiger charge is 2.51. The summed E-state index contributed by atoms with van der Waals surface area (Å²) in [4.78, 5) is 28.2. The molecule has 1 amide bonds. The highest BCUT2D eigenvalue weighted by Crippen LogP contribution is 2.45. The smallest absolute Gasteiger partial charge is 0.264 e. The maximum Gasteiger partial charge on any atom is 0.264 e. The number of ketones is 1. The molecule has 0 spiro atoms. The Morgan fingerprint density at radius 2 is 1.55 bits per heavy atom.